The van der Waals surface area contributed by atoms with Crippen molar-refractivity contribution in [2.24, 2.45) is 0 Å². The van der Waals surface area contributed by atoms with Crippen LogP contribution in [0.15, 0.2) is 79.3 Å². The molecule has 4 rings (SSSR count). The van der Waals surface area contributed by atoms with E-state index in [-0.39, 0.29) is 22.2 Å². The van der Waals surface area contributed by atoms with E-state index in [0.717, 1.165) is 0 Å². The average Bonchev–Trinajstić information content (AvgIpc) is 2.55. The first-order valence-corrected chi connectivity index (χ1v) is 6.78. The van der Waals surface area contributed by atoms with Crippen LogP contribution in [0.4, 0.5) is 0 Å². The van der Waals surface area contributed by atoms with Crippen LogP contribution < -0.4 is 10.9 Å². The van der Waals surface area contributed by atoms with Gasteiger partial charge in [0.25, 0.3) is 0 Å². The summed E-state index contributed by atoms with van der Waals surface area (Å²) in [5.74, 6) is 0.211. The van der Waals surface area contributed by atoms with E-state index in [0.29, 0.717) is 21.9 Å². The summed E-state index contributed by atoms with van der Waals surface area (Å²) in [5.41, 5.74) is 0.767. The van der Waals surface area contributed by atoms with Crippen LogP contribution in [0.1, 0.15) is 0 Å². The highest BCUT2D eigenvalue weighted by Gasteiger charge is 2.13. The van der Waals surface area contributed by atoms with E-state index >= 15 is 0 Å². The second-order valence-corrected chi connectivity index (χ2v) is 4.95. The van der Waals surface area contributed by atoms with Crippen LogP contribution in [0.2, 0.25) is 0 Å². The molecule has 0 spiro atoms. The molecule has 0 bridgehead atoms. The Labute approximate surface area is 124 Å². The van der Waals surface area contributed by atoms with Gasteiger partial charge in [0.2, 0.25) is 5.43 Å². The van der Waals surface area contributed by atoms with Crippen LogP contribution in [-0.4, -0.2) is 0 Å². The SMILES string of the molecule is O=c1cc(-c2coc3ccccc3c2=O)oc2ccccc12. The van der Waals surface area contributed by atoms with Crippen molar-refractivity contribution in [2.75, 3.05) is 0 Å². The van der Waals surface area contributed by atoms with Crippen molar-refractivity contribution in [1.29, 1.82) is 0 Å². The summed E-state index contributed by atoms with van der Waals surface area (Å²) in [6, 6.07) is 15.2. The minimum Gasteiger partial charge on any atom is -0.463 e. The highest BCUT2D eigenvalue weighted by Crippen LogP contribution is 2.21. The zero-order valence-electron chi connectivity index (χ0n) is 11.4. The maximum absolute atomic E-state index is 12.6. The van der Waals surface area contributed by atoms with Crippen molar-refractivity contribution in [3.63, 3.8) is 0 Å². The maximum Gasteiger partial charge on any atom is 0.203 e. The molecule has 2 aromatic carbocycles. The number of hydrogen-bond donors (Lipinski definition) is 0. The normalized spacial score (nSPS) is 11.1. The molecule has 0 fully saturated rings. The molecule has 4 nitrogen and oxygen atoms in total. The fraction of sp³-hybridized carbons (Fsp3) is 0. The van der Waals surface area contributed by atoms with Crippen LogP contribution in [0.25, 0.3) is 33.3 Å². The minimum absolute atomic E-state index is 0.190. The molecule has 0 unspecified atom stereocenters. The molecular formula is C18H10O4. The van der Waals surface area contributed by atoms with Crippen molar-refractivity contribution in [1.82, 2.24) is 0 Å². The van der Waals surface area contributed by atoms with Gasteiger partial charge in [0.1, 0.15) is 28.8 Å². The third kappa shape index (κ3) is 1.85. The molecule has 0 radical (unpaired) electrons. The predicted octanol–water partition coefficient (Wildman–Crippen LogP) is 3.57. The van der Waals surface area contributed by atoms with Crippen molar-refractivity contribution in [3.05, 3.63) is 81.3 Å². The van der Waals surface area contributed by atoms with E-state index in [1.54, 1.807) is 48.5 Å². The van der Waals surface area contributed by atoms with Gasteiger partial charge in [-0.15, -0.1) is 0 Å². The Hall–Kier alpha value is -3.14. The minimum atomic E-state index is -0.222. The molecule has 0 saturated heterocycles. The van der Waals surface area contributed by atoms with Gasteiger partial charge in [0, 0.05) is 6.07 Å². The molecule has 0 amide bonds. The first kappa shape index (κ1) is 12.6. The van der Waals surface area contributed by atoms with Crippen molar-refractivity contribution in [2.45, 2.75) is 0 Å². The van der Waals surface area contributed by atoms with Crippen molar-refractivity contribution < 1.29 is 8.83 Å². The largest absolute Gasteiger partial charge is 0.463 e. The molecule has 0 aliphatic rings. The van der Waals surface area contributed by atoms with Gasteiger partial charge >= 0.3 is 0 Å². The fourth-order valence-corrected chi connectivity index (χ4v) is 2.48. The number of rotatable bonds is 1. The maximum atomic E-state index is 12.6. The van der Waals surface area contributed by atoms with Crippen LogP contribution in [0.3, 0.4) is 0 Å². The van der Waals surface area contributed by atoms with Gasteiger partial charge < -0.3 is 8.83 Å². The molecule has 106 valence electrons. The van der Waals surface area contributed by atoms with E-state index in [4.69, 9.17) is 8.83 Å². The van der Waals surface area contributed by atoms with Gasteiger partial charge in [-0.25, -0.2) is 0 Å². The fourth-order valence-electron chi connectivity index (χ4n) is 2.48. The number of benzene rings is 2. The van der Waals surface area contributed by atoms with Gasteiger partial charge in [0.15, 0.2) is 5.43 Å². The third-order valence-electron chi connectivity index (χ3n) is 3.58. The lowest BCUT2D eigenvalue weighted by Gasteiger charge is -2.03. The Morgan fingerprint density at radius 3 is 2.27 bits per heavy atom. The summed E-state index contributed by atoms with van der Waals surface area (Å²) in [5, 5.41) is 0.937. The van der Waals surface area contributed by atoms with Gasteiger partial charge in [-0.1, -0.05) is 24.3 Å². The van der Waals surface area contributed by atoms with E-state index in [1.807, 2.05) is 0 Å². The smallest absolute Gasteiger partial charge is 0.203 e. The first-order chi connectivity index (χ1) is 10.7. The van der Waals surface area contributed by atoms with E-state index in [9.17, 15) is 9.59 Å². The van der Waals surface area contributed by atoms with Crippen molar-refractivity contribution in [3.8, 4) is 11.3 Å². The number of fused-ring (bicyclic) bond motifs is 2. The summed E-state index contributed by atoms with van der Waals surface area (Å²) < 4.78 is 11.2. The second-order valence-electron chi connectivity index (χ2n) is 4.95. The quantitative estimate of drug-likeness (QED) is 0.537. The molecule has 0 atom stereocenters. The molecule has 4 aromatic rings. The van der Waals surface area contributed by atoms with Crippen LogP contribution in [-0.2, 0) is 0 Å². The molecular weight excluding hydrogens is 280 g/mol. The van der Waals surface area contributed by atoms with Crippen LogP contribution in [0, 0.1) is 0 Å². The van der Waals surface area contributed by atoms with Crippen LogP contribution >= 0.6 is 0 Å². The second kappa shape index (κ2) is 4.70. The van der Waals surface area contributed by atoms with Gasteiger partial charge in [0.05, 0.1) is 10.8 Å². The summed E-state index contributed by atoms with van der Waals surface area (Å²) in [4.78, 5) is 24.7. The Bertz CT molecular complexity index is 1120. The Morgan fingerprint density at radius 2 is 1.45 bits per heavy atom. The van der Waals surface area contributed by atoms with Crippen molar-refractivity contribution >= 4 is 21.9 Å². The lowest BCUT2D eigenvalue weighted by molar-refractivity contribution is 0.587. The van der Waals surface area contributed by atoms with E-state index in [2.05, 4.69) is 0 Å². The zero-order chi connectivity index (χ0) is 15.1. The summed E-state index contributed by atoms with van der Waals surface area (Å²) in [7, 11) is 0. The Balaban J connectivity index is 2.05. The Kier molecular flexibility index (Phi) is 2.69. The monoisotopic (exact) mass is 290 g/mol. The zero-order valence-corrected chi connectivity index (χ0v) is 11.4. The highest BCUT2D eigenvalue weighted by molar-refractivity contribution is 5.82. The predicted molar refractivity (Wildman–Crippen MR) is 84.0 cm³/mol. The lowest BCUT2D eigenvalue weighted by atomic mass is 10.1. The average molecular weight is 290 g/mol. The molecule has 0 saturated carbocycles. The lowest BCUT2D eigenvalue weighted by Crippen LogP contribution is -2.07. The standard InChI is InChI=1S/C18H10O4/c19-14-9-17(22-16-8-4-1-5-11(14)16)13-10-21-15-7-3-2-6-12(15)18(13)20/h1-10H. The molecule has 0 N–H and O–H groups in total. The summed E-state index contributed by atoms with van der Waals surface area (Å²) in [6.45, 7) is 0. The van der Waals surface area contributed by atoms with Gasteiger partial charge in [-0.05, 0) is 24.3 Å². The summed E-state index contributed by atoms with van der Waals surface area (Å²) >= 11 is 0. The molecule has 4 heteroatoms. The highest BCUT2D eigenvalue weighted by atomic mass is 16.3. The van der Waals surface area contributed by atoms with E-state index < -0.39 is 0 Å². The first-order valence-electron chi connectivity index (χ1n) is 6.78. The summed E-state index contributed by atoms with van der Waals surface area (Å²) in [6.07, 6.45) is 1.33. The molecule has 0 aliphatic carbocycles. The molecule has 2 heterocycles. The number of hydrogen-bond acceptors (Lipinski definition) is 4. The Morgan fingerprint density at radius 1 is 0.773 bits per heavy atom. The van der Waals surface area contributed by atoms with Gasteiger partial charge in [-0.3, -0.25) is 9.59 Å². The van der Waals surface area contributed by atoms with Crippen LogP contribution in [0.5, 0.6) is 0 Å². The molecule has 2 aromatic heterocycles. The van der Waals surface area contributed by atoms with E-state index in [1.165, 1.54) is 12.3 Å². The molecule has 22 heavy (non-hydrogen) atoms. The number of para-hydroxylation sites is 2. The van der Waals surface area contributed by atoms with Gasteiger partial charge in [-0.2, -0.15) is 0 Å². The molecule has 0 aliphatic heterocycles. The third-order valence-corrected chi connectivity index (χ3v) is 3.58. The topological polar surface area (TPSA) is 60.4 Å².